The molecule has 0 bridgehead atoms. The van der Waals surface area contributed by atoms with Crippen molar-refractivity contribution in [1.82, 2.24) is 19.7 Å². The molecule has 19 heavy (non-hydrogen) atoms. The highest BCUT2D eigenvalue weighted by Crippen LogP contribution is 2.21. The normalized spacial score (nSPS) is 12.1. The molecule has 0 saturated carbocycles. The fourth-order valence-corrected chi connectivity index (χ4v) is 1.66. The van der Waals surface area contributed by atoms with Crippen molar-refractivity contribution in [3.8, 4) is 0 Å². The van der Waals surface area contributed by atoms with Crippen molar-refractivity contribution in [3.05, 3.63) is 30.0 Å². The van der Waals surface area contributed by atoms with Gasteiger partial charge in [0.05, 0.1) is 11.7 Å². The number of carboxylic acids is 1. The number of pyridine rings is 1. The summed E-state index contributed by atoms with van der Waals surface area (Å²) in [4.78, 5) is 14.8. The molecule has 100 valence electrons. The van der Waals surface area contributed by atoms with Gasteiger partial charge in [-0.15, -0.1) is 10.2 Å². The average Bonchev–Trinajstić information content (AvgIpc) is 2.78. The third-order valence-corrected chi connectivity index (χ3v) is 2.63. The topological polar surface area (TPSA) is 119 Å². The molecule has 0 spiro atoms. The number of rotatable bonds is 4. The van der Waals surface area contributed by atoms with Gasteiger partial charge < -0.3 is 20.7 Å². The van der Waals surface area contributed by atoms with Gasteiger partial charge in [0.25, 0.3) is 0 Å². The molecule has 0 aliphatic rings. The Morgan fingerprint density at radius 1 is 1.53 bits per heavy atom. The van der Waals surface area contributed by atoms with E-state index in [1.807, 2.05) is 14.0 Å². The third-order valence-electron chi connectivity index (χ3n) is 2.63. The average molecular weight is 262 g/mol. The molecule has 0 aliphatic carbocycles. The summed E-state index contributed by atoms with van der Waals surface area (Å²) < 4.78 is 1.76. The fourth-order valence-electron chi connectivity index (χ4n) is 1.66. The Hall–Kier alpha value is -2.64. The quantitative estimate of drug-likeness (QED) is 0.740. The molecule has 2 rings (SSSR count). The van der Waals surface area contributed by atoms with Crippen LogP contribution in [0.1, 0.15) is 29.3 Å². The number of aromatic carboxylic acids is 1. The number of nitrogens with one attached hydrogen (secondary N) is 1. The van der Waals surface area contributed by atoms with E-state index in [0.29, 0.717) is 17.3 Å². The number of aryl methyl sites for hydroxylation is 1. The largest absolute Gasteiger partial charge is 0.477 e. The summed E-state index contributed by atoms with van der Waals surface area (Å²) in [6.07, 6.45) is 1.58. The van der Waals surface area contributed by atoms with Crippen LogP contribution in [-0.2, 0) is 7.05 Å². The molecule has 1 atom stereocenters. The van der Waals surface area contributed by atoms with Crippen molar-refractivity contribution < 1.29 is 9.90 Å². The summed E-state index contributed by atoms with van der Waals surface area (Å²) in [5.74, 6) is -0.0910. The number of carboxylic acid groups (broad SMARTS) is 1. The number of anilines is 2. The van der Waals surface area contributed by atoms with Gasteiger partial charge in [0.15, 0.2) is 17.3 Å². The maximum Gasteiger partial charge on any atom is 0.354 e. The lowest BCUT2D eigenvalue weighted by atomic mass is 10.2. The van der Waals surface area contributed by atoms with Gasteiger partial charge >= 0.3 is 5.97 Å². The molecule has 1 unspecified atom stereocenters. The molecule has 2 heterocycles. The van der Waals surface area contributed by atoms with Crippen molar-refractivity contribution in [2.75, 3.05) is 11.1 Å². The lowest BCUT2D eigenvalue weighted by Gasteiger charge is -2.15. The fraction of sp³-hybridized carbons (Fsp3) is 0.273. The van der Waals surface area contributed by atoms with E-state index in [2.05, 4.69) is 20.5 Å². The van der Waals surface area contributed by atoms with Gasteiger partial charge in [-0.2, -0.15) is 0 Å². The summed E-state index contributed by atoms with van der Waals surface area (Å²) in [5, 5.41) is 19.7. The van der Waals surface area contributed by atoms with Crippen LogP contribution in [0.15, 0.2) is 18.5 Å². The van der Waals surface area contributed by atoms with Gasteiger partial charge in [0.1, 0.15) is 6.33 Å². The first-order chi connectivity index (χ1) is 8.99. The Morgan fingerprint density at radius 2 is 2.26 bits per heavy atom. The standard InChI is InChI=1S/C11H14N6O2/c1-6(10-16-13-5-17(10)2)14-9-7(12)3-4-8(15-9)11(18)19/h3-6H,12H2,1-2H3,(H,14,15)(H,18,19). The number of nitrogens with zero attached hydrogens (tertiary/aromatic N) is 4. The van der Waals surface area contributed by atoms with E-state index in [-0.39, 0.29) is 11.7 Å². The predicted molar refractivity (Wildman–Crippen MR) is 68.6 cm³/mol. The van der Waals surface area contributed by atoms with Gasteiger partial charge in [-0.1, -0.05) is 0 Å². The molecule has 2 aromatic heterocycles. The van der Waals surface area contributed by atoms with Crippen molar-refractivity contribution in [2.24, 2.45) is 7.05 Å². The molecule has 0 aromatic carbocycles. The second-order valence-corrected chi connectivity index (χ2v) is 4.11. The van der Waals surface area contributed by atoms with Crippen LogP contribution in [0.25, 0.3) is 0 Å². The summed E-state index contributed by atoms with van der Waals surface area (Å²) in [5.41, 5.74) is 6.07. The number of hydrogen-bond donors (Lipinski definition) is 3. The summed E-state index contributed by atoms with van der Waals surface area (Å²) >= 11 is 0. The molecular weight excluding hydrogens is 248 g/mol. The number of hydrogen-bond acceptors (Lipinski definition) is 6. The number of nitrogen functional groups attached to an aromatic ring is 1. The Balaban J connectivity index is 2.26. The van der Waals surface area contributed by atoms with E-state index in [1.165, 1.54) is 12.1 Å². The first-order valence-electron chi connectivity index (χ1n) is 5.59. The molecule has 0 fully saturated rings. The zero-order chi connectivity index (χ0) is 14.0. The molecule has 0 saturated heterocycles. The van der Waals surface area contributed by atoms with Crippen molar-refractivity contribution in [1.29, 1.82) is 0 Å². The third kappa shape index (κ3) is 2.62. The van der Waals surface area contributed by atoms with Gasteiger partial charge in [0, 0.05) is 7.05 Å². The maximum absolute atomic E-state index is 10.9. The molecule has 8 heteroatoms. The van der Waals surface area contributed by atoms with Crippen LogP contribution in [-0.4, -0.2) is 30.8 Å². The summed E-state index contributed by atoms with van der Waals surface area (Å²) in [6, 6.07) is 2.66. The summed E-state index contributed by atoms with van der Waals surface area (Å²) in [6.45, 7) is 1.86. The van der Waals surface area contributed by atoms with E-state index >= 15 is 0 Å². The van der Waals surface area contributed by atoms with Crippen LogP contribution in [0.5, 0.6) is 0 Å². The maximum atomic E-state index is 10.9. The minimum absolute atomic E-state index is 0.0677. The molecule has 4 N–H and O–H groups in total. The molecule has 0 aliphatic heterocycles. The second kappa shape index (κ2) is 4.92. The number of aromatic nitrogens is 4. The molecule has 0 amide bonds. The zero-order valence-corrected chi connectivity index (χ0v) is 10.5. The molecular formula is C11H14N6O2. The lowest BCUT2D eigenvalue weighted by molar-refractivity contribution is 0.0690. The van der Waals surface area contributed by atoms with Crippen LogP contribution >= 0.6 is 0 Å². The molecule has 0 radical (unpaired) electrons. The van der Waals surface area contributed by atoms with E-state index < -0.39 is 5.97 Å². The molecule has 2 aromatic rings. The zero-order valence-electron chi connectivity index (χ0n) is 10.5. The summed E-state index contributed by atoms with van der Waals surface area (Å²) in [7, 11) is 1.82. The van der Waals surface area contributed by atoms with Gasteiger partial charge in [-0.3, -0.25) is 0 Å². The highest BCUT2D eigenvalue weighted by Gasteiger charge is 2.15. The SMILES string of the molecule is CC(Nc1nc(C(=O)O)ccc1N)c1nncn1C. The van der Waals surface area contributed by atoms with Crippen LogP contribution in [0.2, 0.25) is 0 Å². The highest BCUT2D eigenvalue weighted by atomic mass is 16.4. The van der Waals surface area contributed by atoms with E-state index in [9.17, 15) is 4.79 Å². The first-order valence-corrected chi connectivity index (χ1v) is 5.59. The van der Waals surface area contributed by atoms with E-state index in [1.54, 1.807) is 10.9 Å². The van der Waals surface area contributed by atoms with Crippen molar-refractivity contribution in [2.45, 2.75) is 13.0 Å². The van der Waals surface area contributed by atoms with E-state index in [0.717, 1.165) is 0 Å². The Morgan fingerprint density at radius 3 is 2.84 bits per heavy atom. The number of nitrogens with two attached hydrogens (primary N) is 1. The van der Waals surface area contributed by atoms with Crippen molar-refractivity contribution >= 4 is 17.5 Å². The van der Waals surface area contributed by atoms with Crippen LogP contribution < -0.4 is 11.1 Å². The van der Waals surface area contributed by atoms with Gasteiger partial charge in [-0.25, -0.2) is 9.78 Å². The van der Waals surface area contributed by atoms with Crippen LogP contribution in [0, 0.1) is 0 Å². The Kier molecular flexibility index (Phi) is 3.32. The lowest BCUT2D eigenvalue weighted by Crippen LogP contribution is -2.15. The number of carbonyl (C=O) groups is 1. The second-order valence-electron chi connectivity index (χ2n) is 4.11. The smallest absolute Gasteiger partial charge is 0.354 e. The van der Waals surface area contributed by atoms with Crippen LogP contribution in [0.4, 0.5) is 11.5 Å². The van der Waals surface area contributed by atoms with Crippen LogP contribution in [0.3, 0.4) is 0 Å². The first kappa shape index (κ1) is 12.8. The Labute approximate surface area is 109 Å². The van der Waals surface area contributed by atoms with Gasteiger partial charge in [-0.05, 0) is 19.1 Å². The van der Waals surface area contributed by atoms with Gasteiger partial charge in [0.2, 0.25) is 0 Å². The predicted octanol–water partition coefficient (Wildman–Crippen LogP) is 0.664. The molecule has 8 nitrogen and oxygen atoms in total. The van der Waals surface area contributed by atoms with Crippen molar-refractivity contribution in [3.63, 3.8) is 0 Å². The minimum atomic E-state index is -1.10. The highest BCUT2D eigenvalue weighted by molar-refractivity contribution is 5.86. The van der Waals surface area contributed by atoms with E-state index in [4.69, 9.17) is 10.8 Å². The monoisotopic (exact) mass is 262 g/mol. The Bertz CT molecular complexity index is 609. The minimum Gasteiger partial charge on any atom is -0.477 e.